The number of aliphatic carboxylic acids is 1. The fourth-order valence-corrected chi connectivity index (χ4v) is 1.63. The van der Waals surface area contributed by atoms with Crippen molar-refractivity contribution in [1.82, 2.24) is 0 Å². The molecule has 0 spiro atoms. The molecule has 1 fully saturated rings. The Morgan fingerprint density at radius 2 is 2.36 bits per heavy atom. The van der Waals surface area contributed by atoms with Crippen molar-refractivity contribution in [3.63, 3.8) is 0 Å². The first kappa shape index (κ1) is 9.06. The molecule has 3 nitrogen and oxygen atoms in total. The van der Waals surface area contributed by atoms with Gasteiger partial charge in [-0.2, -0.15) is 0 Å². The van der Waals surface area contributed by atoms with Crippen molar-refractivity contribution in [2.45, 2.75) is 19.8 Å². The number of hydrogen-bond donors (Lipinski definition) is 1. The predicted octanol–water partition coefficient (Wildman–Crippen LogP) is 2.55. The summed E-state index contributed by atoms with van der Waals surface area (Å²) in [5, 5.41) is 9.03. The molecule has 0 atom stereocenters. The zero-order chi connectivity index (χ0) is 10.2. The Morgan fingerprint density at radius 1 is 1.64 bits per heavy atom. The summed E-state index contributed by atoms with van der Waals surface area (Å²) in [5.74, 6) is -0.00664. The Hall–Kier alpha value is -1.51. The molecule has 1 N–H and O–H groups in total. The summed E-state index contributed by atoms with van der Waals surface area (Å²) in [5.41, 5.74) is 0.271. The van der Waals surface area contributed by atoms with E-state index in [-0.39, 0.29) is 0 Å². The van der Waals surface area contributed by atoms with Gasteiger partial charge >= 0.3 is 5.97 Å². The lowest BCUT2D eigenvalue weighted by molar-refractivity contribution is -0.141. The standard InChI is InChI=1S/C11H12O3/c1-8(7-9-3-2-6-14-9)11(4-5-11)10(12)13/h2-3,6-7H,4-5H2,1H3,(H,12,13)/b8-7-. The molecular weight excluding hydrogens is 180 g/mol. The first-order chi connectivity index (χ1) is 6.65. The molecule has 14 heavy (non-hydrogen) atoms. The summed E-state index contributed by atoms with van der Waals surface area (Å²) in [6.45, 7) is 1.85. The topological polar surface area (TPSA) is 50.4 Å². The SMILES string of the molecule is C/C(=C/c1ccco1)C1(C(=O)O)CC1. The van der Waals surface area contributed by atoms with Gasteiger partial charge in [0.05, 0.1) is 11.7 Å². The largest absolute Gasteiger partial charge is 0.481 e. The van der Waals surface area contributed by atoms with Crippen molar-refractivity contribution >= 4 is 12.0 Å². The lowest BCUT2D eigenvalue weighted by Crippen LogP contribution is -2.15. The molecule has 0 unspecified atom stereocenters. The average Bonchev–Trinajstić information content (AvgIpc) is 2.81. The van der Waals surface area contributed by atoms with Crippen LogP contribution < -0.4 is 0 Å². The lowest BCUT2D eigenvalue weighted by atomic mass is 9.97. The molecule has 1 aromatic rings. The number of carboxylic acids is 1. The van der Waals surface area contributed by atoms with E-state index in [0.717, 1.165) is 24.2 Å². The first-order valence-corrected chi connectivity index (χ1v) is 4.61. The van der Waals surface area contributed by atoms with E-state index in [1.807, 2.05) is 13.0 Å². The van der Waals surface area contributed by atoms with Crippen molar-refractivity contribution in [1.29, 1.82) is 0 Å². The summed E-state index contributed by atoms with van der Waals surface area (Å²) in [6, 6.07) is 3.61. The number of carbonyl (C=O) groups is 1. The molecule has 0 bridgehead atoms. The quantitative estimate of drug-likeness (QED) is 0.800. The van der Waals surface area contributed by atoms with Crippen molar-refractivity contribution in [3.8, 4) is 0 Å². The highest BCUT2D eigenvalue weighted by molar-refractivity contribution is 5.83. The maximum Gasteiger partial charge on any atom is 0.313 e. The van der Waals surface area contributed by atoms with Gasteiger partial charge in [-0.3, -0.25) is 4.79 Å². The van der Waals surface area contributed by atoms with E-state index in [4.69, 9.17) is 9.52 Å². The Kier molecular flexibility index (Phi) is 1.95. The van der Waals surface area contributed by atoms with Gasteiger partial charge in [-0.25, -0.2) is 0 Å². The monoisotopic (exact) mass is 192 g/mol. The van der Waals surface area contributed by atoms with E-state index in [1.54, 1.807) is 18.4 Å². The number of hydrogen-bond acceptors (Lipinski definition) is 2. The highest BCUT2D eigenvalue weighted by atomic mass is 16.4. The Balaban J connectivity index is 2.24. The van der Waals surface area contributed by atoms with Gasteiger partial charge in [0.15, 0.2) is 0 Å². The molecule has 74 valence electrons. The maximum atomic E-state index is 11.0. The fourth-order valence-electron chi connectivity index (χ4n) is 1.63. The average molecular weight is 192 g/mol. The van der Waals surface area contributed by atoms with Crippen LogP contribution in [-0.4, -0.2) is 11.1 Å². The lowest BCUT2D eigenvalue weighted by Gasteiger charge is -2.08. The molecule has 1 aliphatic carbocycles. The molecule has 1 aromatic heterocycles. The van der Waals surface area contributed by atoms with Crippen LogP contribution in [0.5, 0.6) is 0 Å². The Morgan fingerprint density at radius 3 is 2.79 bits per heavy atom. The first-order valence-electron chi connectivity index (χ1n) is 4.61. The number of furan rings is 1. The van der Waals surface area contributed by atoms with Crippen molar-refractivity contribution in [3.05, 3.63) is 29.7 Å². The number of rotatable bonds is 3. The fraction of sp³-hybridized carbons (Fsp3) is 0.364. The minimum absolute atomic E-state index is 0.604. The second-order valence-electron chi connectivity index (χ2n) is 3.73. The van der Waals surface area contributed by atoms with Crippen molar-refractivity contribution < 1.29 is 14.3 Å². The summed E-state index contributed by atoms with van der Waals surface area (Å²) < 4.78 is 5.14. The van der Waals surface area contributed by atoms with Crippen LogP contribution in [0.3, 0.4) is 0 Å². The van der Waals surface area contributed by atoms with Crippen LogP contribution >= 0.6 is 0 Å². The van der Waals surface area contributed by atoms with Gasteiger partial charge in [-0.05, 0) is 38.0 Å². The Bertz CT molecular complexity index is 369. The van der Waals surface area contributed by atoms with E-state index in [2.05, 4.69) is 0 Å². The summed E-state index contributed by atoms with van der Waals surface area (Å²) in [4.78, 5) is 11.0. The molecule has 0 radical (unpaired) electrons. The predicted molar refractivity (Wildman–Crippen MR) is 51.7 cm³/mol. The normalized spacial score (nSPS) is 19.4. The minimum atomic E-state index is -0.724. The molecule has 1 saturated carbocycles. The summed E-state index contributed by atoms with van der Waals surface area (Å²) in [6.07, 6.45) is 4.87. The van der Waals surface area contributed by atoms with Crippen LogP contribution in [0.4, 0.5) is 0 Å². The summed E-state index contributed by atoms with van der Waals surface area (Å²) >= 11 is 0. The van der Waals surface area contributed by atoms with Crippen molar-refractivity contribution in [2.75, 3.05) is 0 Å². The second kappa shape index (κ2) is 3.01. The molecule has 0 saturated heterocycles. The molecule has 0 aliphatic heterocycles. The third kappa shape index (κ3) is 1.35. The highest BCUT2D eigenvalue weighted by Crippen LogP contribution is 2.52. The van der Waals surface area contributed by atoms with Crippen LogP contribution in [0.2, 0.25) is 0 Å². The molecular formula is C11H12O3. The molecule has 0 aromatic carbocycles. The zero-order valence-electron chi connectivity index (χ0n) is 7.99. The van der Waals surface area contributed by atoms with E-state index in [9.17, 15) is 4.79 Å². The Labute approximate surface area is 82.0 Å². The molecule has 0 amide bonds. The number of carboxylic acid groups (broad SMARTS) is 1. The van der Waals surface area contributed by atoms with Gasteiger partial charge in [0.25, 0.3) is 0 Å². The van der Waals surface area contributed by atoms with Crippen LogP contribution in [-0.2, 0) is 4.79 Å². The third-order valence-electron chi connectivity index (χ3n) is 2.82. The van der Waals surface area contributed by atoms with Gasteiger partial charge in [0, 0.05) is 0 Å². The van der Waals surface area contributed by atoms with E-state index < -0.39 is 11.4 Å². The smallest absolute Gasteiger partial charge is 0.313 e. The third-order valence-corrected chi connectivity index (χ3v) is 2.82. The zero-order valence-corrected chi connectivity index (χ0v) is 7.99. The molecule has 3 heteroatoms. The van der Waals surface area contributed by atoms with Crippen molar-refractivity contribution in [2.24, 2.45) is 5.41 Å². The van der Waals surface area contributed by atoms with E-state index in [1.165, 1.54) is 0 Å². The van der Waals surface area contributed by atoms with E-state index in [0.29, 0.717) is 0 Å². The van der Waals surface area contributed by atoms with Crippen LogP contribution in [0.15, 0.2) is 28.4 Å². The van der Waals surface area contributed by atoms with Crippen LogP contribution in [0.1, 0.15) is 25.5 Å². The van der Waals surface area contributed by atoms with Gasteiger partial charge < -0.3 is 9.52 Å². The van der Waals surface area contributed by atoms with Gasteiger partial charge in [0.2, 0.25) is 0 Å². The second-order valence-corrected chi connectivity index (χ2v) is 3.73. The highest BCUT2D eigenvalue weighted by Gasteiger charge is 2.51. The van der Waals surface area contributed by atoms with Gasteiger partial charge in [0.1, 0.15) is 5.76 Å². The molecule has 1 aliphatic rings. The van der Waals surface area contributed by atoms with E-state index >= 15 is 0 Å². The van der Waals surface area contributed by atoms with Crippen LogP contribution in [0.25, 0.3) is 6.08 Å². The van der Waals surface area contributed by atoms with Gasteiger partial charge in [-0.1, -0.05) is 5.57 Å². The summed E-state index contributed by atoms with van der Waals surface area (Å²) in [7, 11) is 0. The van der Waals surface area contributed by atoms with Crippen LogP contribution in [0, 0.1) is 5.41 Å². The van der Waals surface area contributed by atoms with Gasteiger partial charge in [-0.15, -0.1) is 0 Å². The maximum absolute atomic E-state index is 11.0. The molecule has 2 rings (SSSR count). The molecule has 1 heterocycles. The minimum Gasteiger partial charge on any atom is -0.481 e.